The monoisotopic (exact) mass is 652 g/mol. The highest BCUT2D eigenvalue weighted by Gasteiger charge is 2.22. The Morgan fingerprint density at radius 1 is 0.478 bits per heavy atom. The molecule has 0 atom stereocenters. The van der Waals surface area contributed by atoms with Crippen molar-refractivity contribution in [2.45, 2.75) is 181 Å². The first-order valence-corrected chi connectivity index (χ1v) is 20.1. The summed E-state index contributed by atoms with van der Waals surface area (Å²) >= 11 is 0. The van der Waals surface area contributed by atoms with Crippen molar-refractivity contribution in [1.82, 2.24) is 14.9 Å². The van der Waals surface area contributed by atoms with Gasteiger partial charge >= 0.3 is 11.9 Å². The number of nitrogens with zero attached hydrogens (tertiary/aromatic N) is 3. The van der Waals surface area contributed by atoms with Gasteiger partial charge in [0.15, 0.2) is 0 Å². The number of likely N-dealkylation sites (N-methyl/N-ethyl adjacent to an activating group) is 1. The maximum Gasteiger partial charge on any atom is 0.307 e. The van der Waals surface area contributed by atoms with Gasteiger partial charge in [0.2, 0.25) is 0 Å². The highest BCUT2D eigenvalue weighted by atomic mass is 16.5. The number of rotatable bonds is 33. The minimum absolute atomic E-state index is 0.128. The van der Waals surface area contributed by atoms with E-state index in [0.717, 1.165) is 51.9 Å². The minimum Gasteiger partial charge on any atom is -0.466 e. The summed E-state index contributed by atoms with van der Waals surface area (Å²) in [6.45, 7) is 10.6. The molecule has 0 aliphatic carbocycles. The molecule has 0 bridgehead atoms. The molecule has 46 heavy (non-hydrogen) atoms. The molecule has 272 valence electrons. The second kappa shape index (κ2) is 32.4. The third kappa shape index (κ3) is 26.8. The fourth-order valence-corrected chi connectivity index (χ4v) is 6.32. The Hall–Kier alpha value is -1.18. The van der Waals surface area contributed by atoms with Crippen molar-refractivity contribution in [3.63, 3.8) is 0 Å². The lowest BCUT2D eigenvalue weighted by Crippen LogP contribution is -2.53. The lowest BCUT2D eigenvalue weighted by atomic mass is 10.1. The van der Waals surface area contributed by atoms with Crippen molar-refractivity contribution in [3.8, 4) is 0 Å². The smallest absolute Gasteiger partial charge is 0.307 e. The fourth-order valence-electron chi connectivity index (χ4n) is 6.32. The van der Waals surface area contributed by atoms with E-state index in [1.165, 1.54) is 128 Å². The Morgan fingerprint density at radius 2 is 0.783 bits per heavy atom. The number of hydrogen-bond acceptors (Lipinski definition) is 7. The van der Waals surface area contributed by atoms with Crippen molar-refractivity contribution in [2.24, 2.45) is 0 Å². The van der Waals surface area contributed by atoms with Crippen LogP contribution in [0.5, 0.6) is 0 Å². The summed E-state index contributed by atoms with van der Waals surface area (Å²) in [5.41, 5.74) is 0. The fraction of sp³-hybridized carbons (Fsp3) is 0.949. The summed E-state index contributed by atoms with van der Waals surface area (Å²) in [5.74, 6) is -0.256. The summed E-state index contributed by atoms with van der Waals surface area (Å²) in [7, 11) is 2.14. The van der Waals surface area contributed by atoms with Crippen molar-refractivity contribution in [1.29, 1.82) is 0 Å². The van der Waals surface area contributed by atoms with Gasteiger partial charge in [-0.25, -0.2) is 10.0 Å². The lowest BCUT2D eigenvalue weighted by Gasteiger charge is -2.40. The molecule has 0 N–H and O–H groups in total. The Bertz CT molecular complexity index is 638. The zero-order valence-electron chi connectivity index (χ0n) is 31.0. The Kier molecular flexibility index (Phi) is 30.1. The van der Waals surface area contributed by atoms with E-state index in [1.807, 2.05) is 0 Å². The number of hydrazine groups is 1. The molecular weight excluding hydrogens is 574 g/mol. The van der Waals surface area contributed by atoms with Gasteiger partial charge in [0, 0.05) is 39.3 Å². The molecule has 1 fully saturated rings. The third-order valence-corrected chi connectivity index (χ3v) is 9.55. The van der Waals surface area contributed by atoms with Crippen LogP contribution in [-0.2, 0) is 19.1 Å². The van der Waals surface area contributed by atoms with Crippen LogP contribution in [-0.4, -0.2) is 86.4 Å². The normalized spacial score (nSPS) is 14.3. The van der Waals surface area contributed by atoms with Crippen LogP contribution in [0.4, 0.5) is 0 Å². The predicted octanol–water partition coefficient (Wildman–Crippen LogP) is 9.72. The Morgan fingerprint density at radius 3 is 1.11 bits per heavy atom. The summed E-state index contributed by atoms with van der Waals surface area (Å²) in [4.78, 5) is 27.3. The standard InChI is InChI=1S/C39H77N3O4/c1-4-6-8-10-12-14-16-18-20-22-24-26-36-45-38(43)28-30-41(42-34-32-40(3)33-35-42)31-29-39(44)46-37-27-25-23-21-19-17-15-13-11-9-7-5-2/h4-37H2,1-3H3. The first-order chi connectivity index (χ1) is 22.6. The van der Waals surface area contributed by atoms with Gasteiger partial charge in [0.25, 0.3) is 0 Å². The van der Waals surface area contributed by atoms with E-state index in [1.54, 1.807) is 0 Å². The van der Waals surface area contributed by atoms with Crippen LogP contribution in [0.3, 0.4) is 0 Å². The highest BCUT2D eigenvalue weighted by molar-refractivity contribution is 5.70. The lowest BCUT2D eigenvalue weighted by molar-refractivity contribution is -0.147. The second-order valence-electron chi connectivity index (χ2n) is 13.9. The molecule has 0 spiro atoms. The molecule has 1 aliphatic rings. The van der Waals surface area contributed by atoms with Crippen LogP contribution >= 0.6 is 0 Å². The van der Waals surface area contributed by atoms with Gasteiger partial charge in [-0.15, -0.1) is 0 Å². The molecule has 1 saturated heterocycles. The molecule has 0 saturated carbocycles. The van der Waals surface area contributed by atoms with Crippen LogP contribution in [0, 0.1) is 0 Å². The van der Waals surface area contributed by atoms with Gasteiger partial charge < -0.3 is 14.4 Å². The predicted molar refractivity (Wildman–Crippen MR) is 194 cm³/mol. The van der Waals surface area contributed by atoms with Crippen molar-refractivity contribution in [2.75, 3.05) is 59.5 Å². The van der Waals surface area contributed by atoms with E-state index < -0.39 is 0 Å². The van der Waals surface area contributed by atoms with E-state index in [4.69, 9.17) is 9.47 Å². The van der Waals surface area contributed by atoms with Gasteiger partial charge in [0.1, 0.15) is 0 Å². The number of hydrogen-bond donors (Lipinski definition) is 0. The van der Waals surface area contributed by atoms with E-state index in [9.17, 15) is 9.59 Å². The molecule has 1 rings (SSSR count). The molecule has 0 unspecified atom stereocenters. The van der Waals surface area contributed by atoms with Crippen LogP contribution in [0.2, 0.25) is 0 Å². The summed E-state index contributed by atoms with van der Waals surface area (Å²) in [6.07, 6.45) is 31.9. The molecular formula is C39H77N3O4. The first-order valence-electron chi connectivity index (χ1n) is 20.1. The molecule has 1 aliphatic heterocycles. The zero-order valence-corrected chi connectivity index (χ0v) is 31.0. The third-order valence-electron chi connectivity index (χ3n) is 9.55. The van der Waals surface area contributed by atoms with E-state index in [2.05, 4.69) is 35.8 Å². The second-order valence-corrected chi connectivity index (χ2v) is 13.9. The largest absolute Gasteiger partial charge is 0.466 e. The van der Waals surface area contributed by atoms with Crippen LogP contribution in [0.25, 0.3) is 0 Å². The van der Waals surface area contributed by atoms with E-state index >= 15 is 0 Å². The van der Waals surface area contributed by atoms with Gasteiger partial charge in [0.05, 0.1) is 26.1 Å². The van der Waals surface area contributed by atoms with E-state index in [-0.39, 0.29) is 11.9 Å². The Labute approximate surface area is 285 Å². The Balaban J connectivity index is 2.11. The molecule has 0 amide bonds. The number of unbranched alkanes of at least 4 members (excludes halogenated alkanes) is 22. The average molecular weight is 652 g/mol. The SMILES string of the molecule is CCCCCCCCCCCCCCOC(=O)CCN(CCC(=O)OCCCCCCCCCCCCCC)N1CCN(C)CC1. The minimum atomic E-state index is -0.128. The molecule has 0 aromatic heterocycles. The topological polar surface area (TPSA) is 62.3 Å². The summed E-state index contributed by atoms with van der Waals surface area (Å²) in [6, 6.07) is 0. The molecule has 0 aromatic carbocycles. The van der Waals surface area contributed by atoms with Gasteiger partial charge in [-0.05, 0) is 19.9 Å². The van der Waals surface area contributed by atoms with Gasteiger partial charge in [-0.2, -0.15) is 0 Å². The number of carbonyl (C=O) groups excluding carboxylic acids is 2. The number of esters is 2. The van der Waals surface area contributed by atoms with Crippen molar-refractivity contribution < 1.29 is 19.1 Å². The number of carbonyl (C=O) groups is 2. The molecule has 1 heterocycles. The number of piperazine rings is 1. The van der Waals surface area contributed by atoms with Crippen LogP contribution in [0.1, 0.15) is 181 Å². The molecule has 0 radical (unpaired) electrons. The molecule has 7 heteroatoms. The van der Waals surface area contributed by atoms with E-state index in [0.29, 0.717) is 39.1 Å². The maximum absolute atomic E-state index is 12.5. The van der Waals surface area contributed by atoms with Crippen LogP contribution in [0.15, 0.2) is 0 Å². The van der Waals surface area contributed by atoms with Gasteiger partial charge in [-0.1, -0.05) is 155 Å². The molecule has 7 nitrogen and oxygen atoms in total. The van der Waals surface area contributed by atoms with Crippen molar-refractivity contribution in [3.05, 3.63) is 0 Å². The quantitative estimate of drug-likeness (QED) is 0.0517. The maximum atomic E-state index is 12.5. The zero-order chi connectivity index (χ0) is 33.3. The summed E-state index contributed by atoms with van der Waals surface area (Å²) in [5, 5.41) is 4.49. The number of ether oxygens (including phenoxy) is 2. The average Bonchev–Trinajstić information content (AvgIpc) is 3.06. The molecule has 0 aromatic rings. The van der Waals surface area contributed by atoms with Crippen molar-refractivity contribution >= 4 is 11.9 Å². The summed E-state index contributed by atoms with van der Waals surface area (Å²) < 4.78 is 11.1. The highest BCUT2D eigenvalue weighted by Crippen LogP contribution is 2.14. The first kappa shape index (κ1) is 42.8. The van der Waals surface area contributed by atoms with Crippen LogP contribution < -0.4 is 0 Å². The van der Waals surface area contributed by atoms with Gasteiger partial charge in [-0.3, -0.25) is 9.59 Å².